The van der Waals surface area contributed by atoms with Crippen LogP contribution in [0.4, 0.5) is 22.7 Å². The number of nitrogens with one attached hydrogen (secondary N) is 1. The first-order valence-corrected chi connectivity index (χ1v) is 8.44. The Bertz CT molecular complexity index is 958. The highest BCUT2D eigenvalue weighted by molar-refractivity contribution is 5.94. The molecule has 2 aromatic carbocycles. The van der Waals surface area contributed by atoms with Crippen molar-refractivity contribution in [2.24, 2.45) is 10.2 Å². The lowest BCUT2D eigenvalue weighted by molar-refractivity contribution is -0.117. The van der Waals surface area contributed by atoms with Gasteiger partial charge < -0.3 is 10.2 Å². The molecular weight excluding hydrogens is 344 g/mol. The number of nitrogens with zero attached hydrogens (tertiary/aromatic N) is 7. The van der Waals surface area contributed by atoms with Gasteiger partial charge in [0.1, 0.15) is 0 Å². The molecule has 1 amide bonds. The molecule has 0 aromatic heterocycles. The summed E-state index contributed by atoms with van der Waals surface area (Å²) < 4.78 is 0. The fourth-order valence-electron chi connectivity index (χ4n) is 3.46. The lowest BCUT2D eigenvalue weighted by Crippen LogP contribution is -2.43. The quantitative estimate of drug-likeness (QED) is 0.414. The Labute approximate surface area is 155 Å². The molecule has 0 radical (unpaired) electrons. The van der Waals surface area contributed by atoms with E-state index in [1.165, 1.54) is 0 Å². The summed E-state index contributed by atoms with van der Waals surface area (Å²) in [6.45, 7) is 3.55. The van der Waals surface area contributed by atoms with Crippen LogP contribution in [-0.4, -0.2) is 11.9 Å². The van der Waals surface area contributed by atoms with Crippen LogP contribution in [0.5, 0.6) is 0 Å². The molecule has 1 heterocycles. The molecule has 1 aliphatic heterocycles. The predicted octanol–water partition coefficient (Wildman–Crippen LogP) is 5.87. The molecule has 0 bridgehead atoms. The van der Waals surface area contributed by atoms with Crippen molar-refractivity contribution in [2.45, 2.75) is 32.4 Å². The molecule has 0 spiro atoms. The maximum absolute atomic E-state index is 12.1. The van der Waals surface area contributed by atoms with Gasteiger partial charge in [-0.25, -0.2) is 0 Å². The van der Waals surface area contributed by atoms with Gasteiger partial charge in [0.05, 0.1) is 6.04 Å². The Kier molecular flexibility index (Phi) is 5.17. The maximum Gasteiger partial charge on any atom is 0.224 e. The minimum Gasteiger partial charge on any atom is -0.378 e. The third kappa shape index (κ3) is 3.79. The zero-order chi connectivity index (χ0) is 19.4. The van der Waals surface area contributed by atoms with Crippen LogP contribution in [0.3, 0.4) is 0 Å². The highest BCUT2D eigenvalue weighted by Crippen LogP contribution is 2.41. The lowest BCUT2D eigenvalue weighted by atomic mass is 9.91. The van der Waals surface area contributed by atoms with Gasteiger partial charge in [-0.3, -0.25) is 4.79 Å². The van der Waals surface area contributed by atoms with Crippen LogP contribution in [0, 0.1) is 0 Å². The van der Waals surface area contributed by atoms with E-state index in [1.54, 1.807) is 30.0 Å². The highest BCUT2D eigenvalue weighted by Gasteiger charge is 2.32. The first kappa shape index (κ1) is 18.1. The van der Waals surface area contributed by atoms with Crippen molar-refractivity contribution in [3.8, 4) is 0 Å². The van der Waals surface area contributed by atoms with Gasteiger partial charge in [0.15, 0.2) is 0 Å². The molecule has 1 N–H and O–H groups in total. The van der Waals surface area contributed by atoms with Gasteiger partial charge in [0.2, 0.25) is 5.91 Å². The molecular formula is C18H18N8O. The number of carbonyl (C=O) groups is 1. The monoisotopic (exact) mass is 362 g/mol. The third-order valence-corrected chi connectivity index (χ3v) is 4.53. The molecule has 2 unspecified atom stereocenters. The molecule has 27 heavy (non-hydrogen) atoms. The number of hydrogen-bond donors (Lipinski definition) is 1. The molecule has 9 heteroatoms. The van der Waals surface area contributed by atoms with Gasteiger partial charge in [-0.1, -0.05) is 28.4 Å². The van der Waals surface area contributed by atoms with Gasteiger partial charge in [-0.15, -0.1) is 0 Å². The molecule has 1 aliphatic rings. The van der Waals surface area contributed by atoms with E-state index in [0.29, 0.717) is 17.8 Å². The van der Waals surface area contributed by atoms with E-state index in [-0.39, 0.29) is 18.0 Å². The number of benzene rings is 2. The van der Waals surface area contributed by atoms with Gasteiger partial charge >= 0.3 is 0 Å². The van der Waals surface area contributed by atoms with Crippen molar-refractivity contribution >= 4 is 28.7 Å². The zero-order valence-electron chi connectivity index (χ0n) is 14.9. The molecule has 0 saturated heterocycles. The van der Waals surface area contributed by atoms with Crippen molar-refractivity contribution in [1.82, 2.24) is 0 Å². The smallest absolute Gasteiger partial charge is 0.224 e. The molecule has 2 atom stereocenters. The normalized spacial score (nSPS) is 17.9. The molecule has 136 valence electrons. The van der Waals surface area contributed by atoms with Crippen LogP contribution in [-0.2, 0) is 4.79 Å². The molecule has 0 fully saturated rings. The van der Waals surface area contributed by atoms with E-state index in [0.717, 1.165) is 16.9 Å². The first-order valence-electron chi connectivity index (χ1n) is 8.44. The van der Waals surface area contributed by atoms with E-state index >= 15 is 0 Å². The summed E-state index contributed by atoms with van der Waals surface area (Å²) in [6, 6.07) is 12.4. The number of azide groups is 2. The molecule has 2 aromatic rings. The number of anilines is 2. The van der Waals surface area contributed by atoms with Crippen LogP contribution in [0.1, 0.15) is 31.9 Å². The van der Waals surface area contributed by atoms with Crippen LogP contribution in [0.25, 0.3) is 20.9 Å². The number of fused-ring (bicyclic) bond motifs is 1. The topological polar surface area (TPSA) is 130 Å². The van der Waals surface area contributed by atoms with Crippen molar-refractivity contribution in [1.29, 1.82) is 0 Å². The summed E-state index contributed by atoms with van der Waals surface area (Å²) in [6.07, 6.45) is 0.699. The van der Waals surface area contributed by atoms with Crippen LogP contribution < -0.4 is 10.2 Å². The third-order valence-electron chi connectivity index (χ3n) is 4.53. The first-order chi connectivity index (χ1) is 13.0. The highest BCUT2D eigenvalue weighted by atomic mass is 16.2. The Morgan fingerprint density at radius 1 is 1.11 bits per heavy atom. The standard InChI is InChI=1S/C18H18N8O/c1-11-9-17(21-13-3-5-14(6-4-13)22-24-19)16-10-15(23-25-20)7-8-18(16)26(11)12(2)27/h3-8,10-11,17,21H,9H2,1-2H3. The van der Waals surface area contributed by atoms with Crippen LogP contribution in [0.2, 0.25) is 0 Å². The van der Waals surface area contributed by atoms with Gasteiger partial charge in [-0.2, -0.15) is 0 Å². The average Bonchev–Trinajstić information content (AvgIpc) is 2.64. The summed E-state index contributed by atoms with van der Waals surface area (Å²) in [5.74, 6) is -0.0301. The van der Waals surface area contributed by atoms with Gasteiger partial charge in [0, 0.05) is 45.5 Å². The Hall–Kier alpha value is -3.67. The fraction of sp³-hybridized carbons (Fsp3) is 0.278. The SMILES string of the molecule is CC(=O)N1c2ccc(N=[N+]=[N-])cc2C(Nc2ccc(N=[N+]=[N-])cc2)CC1C. The van der Waals surface area contributed by atoms with Crippen molar-refractivity contribution in [2.75, 3.05) is 10.2 Å². The van der Waals surface area contributed by atoms with E-state index in [9.17, 15) is 4.79 Å². The van der Waals surface area contributed by atoms with Crippen molar-refractivity contribution in [3.05, 3.63) is 68.9 Å². The summed E-state index contributed by atoms with van der Waals surface area (Å²) >= 11 is 0. The van der Waals surface area contributed by atoms with Crippen LogP contribution >= 0.6 is 0 Å². The minimum absolute atomic E-state index is 0.0141. The Balaban J connectivity index is 1.99. The summed E-state index contributed by atoms with van der Waals surface area (Å²) in [5.41, 5.74) is 20.8. The largest absolute Gasteiger partial charge is 0.378 e. The number of carbonyl (C=O) groups excluding carboxylic acids is 1. The van der Waals surface area contributed by atoms with E-state index in [2.05, 4.69) is 25.4 Å². The van der Waals surface area contributed by atoms with Gasteiger partial charge in [0.25, 0.3) is 0 Å². The second kappa shape index (κ2) is 7.70. The molecule has 3 rings (SSSR count). The lowest BCUT2D eigenvalue weighted by Gasteiger charge is -2.39. The predicted molar refractivity (Wildman–Crippen MR) is 104 cm³/mol. The summed E-state index contributed by atoms with van der Waals surface area (Å²) in [5, 5.41) is 10.7. The fourth-order valence-corrected chi connectivity index (χ4v) is 3.46. The summed E-state index contributed by atoms with van der Waals surface area (Å²) in [4.78, 5) is 19.5. The molecule has 0 saturated carbocycles. The zero-order valence-corrected chi connectivity index (χ0v) is 14.9. The second-order valence-electron chi connectivity index (χ2n) is 6.34. The van der Waals surface area contributed by atoms with E-state index in [4.69, 9.17) is 11.1 Å². The van der Waals surface area contributed by atoms with Crippen molar-refractivity contribution < 1.29 is 4.79 Å². The molecule has 9 nitrogen and oxygen atoms in total. The average molecular weight is 362 g/mol. The van der Waals surface area contributed by atoms with Crippen LogP contribution in [0.15, 0.2) is 52.7 Å². The maximum atomic E-state index is 12.1. The number of rotatable bonds is 4. The van der Waals surface area contributed by atoms with E-state index in [1.807, 2.05) is 31.2 Å². The molecule has 0 aliphatic carbocycles. The Morgan fingerprint density at radius 2 is 1.74 bits per heavy atom. The van der Waals surface area contributed by atoms with Crippen molar-refractivity contribution in [3.63, 3.8) is 0 Å². The Morgan fingerprint density at radius 3 is 2.37 bits per heavy atom. The van der Waals surface area contributed by atoms with E-state index < -0.39 is 0 Å². The van der Waals surface area contributed by atoms with Gasteiger partial charge in [-0.05, 0) is 54.2 Å². The second-order valence-corrected chi connectivity index (χ2v) is 6.34. The number of hydrogen-bond acceptors (Lipinski definition) is 4. The number of amides is 1. The summed E-state index contributed by atoms with van der Waals surface area (Å²) in [7, 11) is 0. The minimum atomic E-state index is -0.0650.